The second kappa shape index (κ2) is 6.19. The SMILES string of the molecule is CN1[C@@H]2CC[C@@H]1CC(NC(=O)CSc1ccccc1)C2. The summed E-state index contributed by atoms with van der Waals surface area (Å²) in [7, 11) is 2.23. The minimum atomic E-state index is 0.174. The predicted octanol–water partition coefficient (Wildman–Crippen LogP) is 2.52. The van der Waals surface area contributed by atoms with Crippen LogP contribution in [0.25, 0.3) is 0 Å². The van der Waals surface area contributed by atoms with Crippen LogP contribution in [-0.4, -0.2) is 41.7 Å². The fraction of sp³-hybridized carbons (Fsp3) is 0.562. The Hall–Kier alpha value is -1.00. The second-order valence-corrected chi connectivity index (χ2v) is 6.94. The van der Waals surface area contributed by atoms with Gasteiger partial charge >= 0.3 is 0 Å². The Kier molecular flexibility index (Phi) is 4.32. The number of benzene rings is 1. The first-order valence-corrected chi connectivity index (χ1v) is 8.40. The minimum Gasteiger partial charge on any atom is -0.353 e. The average Bonchev–Trinajstić information content (AvgIpc) is 2.68. The second-order valence-electron chi connectivity index (χ2n) is 5.89. The van der Waals surface area contributed by atoms with E-state index in [0.29, 0.717) is 23.9 Å². The van der Waals surface area contributed by atoms with Gasteiger partial charge in [0.25, 0.3) is 0 Å². The summed E-state index contributed by atoms with van der Waals surface area (Å²) in [6, 6.07) is 11.9. The maximum atomic E-state index is 12.1. The van der Waals surface area contributed by atoms with Crippen molar-refractivity contribution in [2.75, 3.05) is 12.8 Å². The first-order valence-electron chi connectivity index (χ1n) is 7.41. The molecule has 0 unspecified atom stereocenters. The Morgan fingerprint density at radius 3 is 2.55 bits per heavy atom. The number of thioether (sulfide) groups is 1. The lowest BCUT2D eigenvalue weighted by Gasteiger charge is -2.36. The summed E-state index contributed by atoms with van der Waals surface area (Å²) in [5, 5.41) is 3.22. The summed E-state index contributed by atoms with van der Waals surface area (Å²) in [6.45, 7) is 0. The third-order valence-electron chi connectivity index (χ3n) is 4.58. The number of carbonyl (C=O) groups excluding carboxylic acids is 1. The van der Waals surface area contributed by atoms with Gasteiger partial charge < -0.3 is 10.2 Å². The highest BCUT2D eigenvalue weighted by molar-refractivity contribution is 8.00. The summed E-state index contributed by atoms with van der Waals surface area (Å²) in [6.07, 6.45) is 4.84. The molecular formula is C16H22N2OS. The molecule has 0 spiro atoms. The normalized spacial score (nSPS) is 29.4. The van der Waals surface area contributed by atoms with Crippen molar-refractivity contribution in [2.24, 2.45) is 0 Å². The number of rotatable bonds is 4. The van der Waals surface area contributed by atoms with Gasteiger partial charge in [0.2, 0.25) is 5.91 Å². The average molecular weight is 290 g/mol. The van der Waals surface area contributed by atoms with Crippen molar-refractivity contribution in [3.8, 4) is 0 Å². The first-order chi connectivity index (χ1) is 9.72. The van der Waals surface area contributed by atoms with Gasteiger partial charge in [-0.2, -0.15) is 0 Å². The van der Waals surface area contributed by atoms with Gasteiger partial charge in [-0.1, -0.05) is 18.2 Å². The van der Waals surface area contributed by atoms with Gasteiger partial charge in [0.15, 0.2) is 0 Å². The fourth-order valence-corrected chi connectivity index (χ4v) is 4.19. The smallest absolute Gasteiger partial charge is 0.230 e. The molecule has 1 N–H and O–H groups in total. The molecule has 2 fully saturated rings. The molecule has 3 rings (SSSR count). The van der Waals surface area contributed by atoms with Gasteiger partial charge in [-0.3, -0.25) is 4.79 Å². The van der Waals surface area contributed by atoms with Crippen molar-refractivity contribution < 1.29 is 4.79 Å². The Balaban J connectivity index is 1.45. The van der Waals surface area contributed by atoms with Crippen LogP contribution < -0.4 is 5.32 Å². The number of hydrogen-bond donors (Lipinski definition) is 1. The predicted molar refractivity (Wildman–Crippen MR) is 82.9 cm³/mol. The van der Waals surface area contributed by atoms with Crippen LogP contribution in [0.2, 0.25) is 0 Å². The molecule has 0 saturated carbocycles. The van der Waals surface area contributed by atoms with Crippen LogP contribution in [0.3, 0.4) is 0 Å². The van der Waals surface area contributed by atoms with Gasteiger partial charge in [-0.15, -0.1) is 11.8 Å². The molecular weight excluding hydrogens is 268 g/mol. The van der Waals surface area contributed by atoms with Crippen LogP contribution in [0.1, 0.15) is 25.7 Å². The van der Waals surface area contributed by atoms with Gasteiger partial charge in [0.05, 0.1) is 5.75 Å². The Labute approximate surface area is 125 Å². The van der Waals surface area contributed by atoms with Gasteiger partial charge in [-0.05, 0) is 44.9 Å². The van der Waals surface area contributed by atoms with E-state index in [9.17, 15) is 4.79 Å². The molecule has 2 bridgehead atoms. The Morgan fingerprint density at radius 1 is 1.25 bits per heavy atom. The molecule has 3 nitrogen and oxygen atoms in total. The molecule has 1 amide bonds. The number of carbonyl (C=O) groups is 1. The molecule has 0 aliphatic carbocycles. The lowest BCUT2D eigenvalue weighted by atomic mass is 9.98. The van der Waals surface area contributed by atoms with Crippen LogP contribution in [0.5, 0.6) is 0 Å². The van der Waals surface area contributed by atoms with E-state index in [1.165, 1.54) is 12.8 Å². The molecule has 2 saturated heterocycles. The highest BCUT2D eigenvalue weighted by Crippen LogP contribution is 2.34. The maximum absolute atomic E-state index is 12.1. The summed E-state index contributed by atoms with van der Waals surface area (Å²) in [5.74, 6) is 0.693. The van der Waals surface area contributed by atoms with Crippen molar-refractivity contribution in [3.63, 3.8) is 0 Å². The summed E-state index contributed by atoms with van der Waals surface area (Å²) in [4.78, 5) is 15.7. The molecule has 2 atom stereocenters. The standard InChI is InChI=1S/C16H22N2OS/c1-18-13-7-8-14(18)10-12(9-13)17-16(19)11-20-15-5-3-2-4-6-15/h2-6,12-14H,7-11H2,1H3,(H,17,19)/t13-,14-/m1/s1. The number of nitrogens with one attached hydrogen (secondary N) is 1. The van der Waals surface area contributed by atoms with Crippen LogP contribution in [0.4, 0.5) is 0 Å². The molecule has 20 heavy (non-hydrogen) atoms. The summed E-state index contributed by atoms with van der Waals surface area (Å²) in [5.41, 5.74) is 0. The Bertz CT molecular complexity index is 451. The lowest BCUT2D eigenvalue weighted by Crippen LogP contribution is -2.49. The van der Waals surface area contributed by atoms with Crippen molar-refractivity contribution in [1.82, 2.24) is 10.2 Å². The zero-order valence-corrected chi connectivity index (χ0v) is 12.7. The van der Waals surface area contributed by atoms with Crippen LogP contribution in [0, 0.1) is 0 Å². The number of piperidine rings is 1. The quantitative estimate of drug-likeness (QED) is 0.865. The van der Waals surface area contributed by atoms with E-state index in [1.54, 1.807) is 11.8 Å². The molecule has 4 heteroatoms. The van der Waals surface area contributed by atoms with Gasteiger partial charge in [-0.25, -0.2) is 0 Å². The molecule has 1 aromatic carbocycles. The molecule has 1 aromatic rings. The topological polar surface area (TPSA) is 32.3 Å². The zero-order chi connectivity index (χ0) is 13.9. The maximum Gasteiger partial charge on any atom is 0.230 e. The van der Waals surface area contributed by atoms with Gasteiger partial charge in [0.1, 0.15) is 0 Å². The van der Waals surface area contributed by atoms with Crippen molar-refractivity contribution in [1.29, 1.82) is 0 Å². The Morgan fingerprint density at radius 2 is 1.90 bits per heavy atom. The third kappa shape index (κ3) is 3.18. The molecule has 0 radical (unpaired) electrons. The molecule has 108 valence electrons. The number of fused-ring (bicyclic) bond motifs is 2. The van der Waals surface area contributed by atoms with E-state index < -0.39 is 0 Å². The van der Waals surface area contributed by atoms with E-state index in [0.717, 1.165) is 17.7 Å². The van der Waals surface area contributed by atoms with Crippen LogP contribution in [-0.2, 0) is 4.79 Å². The summed E-state index contributed by atoms with van der Waals surface area (Å²) >= 11 is 1.61. The fourth-order valence-electron chi connectivity index (χ4n) is 3.46. The van der Waals surface area contributed by atoms with E-state index in [-0.39, 0.29) is 5.91 Å². The third-order valence-corrected chi connectivity index (χ3v) is 5.59. The zero-order valence-electron chi connectivity index (χ0n) is 11.9. The number of amides is 1. The minimum absolute atomic E-state index is 0.174. The van der Waals surface area contributed by atoms with E-state index in [4.69, 9.17) is 0 Å². The molecule has 2 aliphatic rings. The van der Waals surface area contributed by atoms with Gasteiger partial charge in [0, 0.05) is 23.0 Å². The monoisotopic (exact) mass is 290 g/mol. The van der Waals surface area contributed by atoms with E-state index in [2.05, 4.69) is 17.3 Å². The number of hydrogen-bond acceptors (Lipinski definition) is 3. The molecule has 0 aromatic heterocycles. The highest BCUT2D eigenvalue weighted by atomic mass is 32.2. The van der Waals surface area contributed by atoms with E-state index in [1.807, 2.05) is 30.3 Å². The van der Waals surface area contributed by atoms with Crippen molar-refractivity contribution in [2.45, 2.75) is 48.7 Å². The largest absolute Gasteiger partial charge is 0.353 e. The first kappa shape index (κ1) is 14.0. The van der Waals surface area contributed by atoms with Crippen LogP contribution >= 0.6 is 11.8 Å². The van der Waals surface area contributed by atoms with Crippen molar-refractivity contribution >= 4 is 17.7 Å². The molecule has 2 heterocycles. The van der Waals surface area contributed by atoms with E-state index >= 15 is 0 Å². The van der Waals surface area contributed by atoms with Crippen LogP contribution in [0.15, 0.2) is 35.2 Å². The highest BCUT2D eigenvalue weighted by Gasteiger charge is 2.38. The summed E-state index contributed by atoms with van der Waals surface area (Å²) < 4.78 is 0. The lowest BCUT2D eigenvalue weighted by molar-refractivity contribution is -0.119. The molecule has 2 aliphatic heterocycles. The number of nitrogens with zero attached hydrogens (tertiary/aromatic N) is 1. The van der Waals surface area contributed by atoms with Crippen molar-refractivity contribution in [3.05, 3.63) is 30.3 Å².